The van der Waals surface area contributed by atoms with Crippen molar-refractivity contribution in [1.29, 1.82) is 0 Å². The maximum Gasteiger partial charge on any atom is 0.240 e. The van der Waals surface area contributed by atoms with Crippen LogP contribution < -0.4 is 4.90 Å². The second kappa shape index (κ2) is 10.3. The number of thiazole rings is 1. The highest BCUT2D eigenvalue weighted by atomic mass is 32.1. The predicted octanol–water partition coefficient (Wildman–Crippen LogP) is 6.03. The van der Waals surface area contributed by atoms with Crippen LogP contribution in [0, 0.1) is 13.8 Å². The molecule has 4 rings (SSSR count). The number of benzene rings is 3. The maximum absolute atomic E-state index is 14.2. The van der Waals surface area contributed by atoms with Crippen LogP contribution in [0.3, 0.4) is 0 Å². The fourth-order valence-corrected chi connectivity index (χ4v) is 5.16. The van der Waals surface area contributed by atoms with Gasteiger partial charge in [0.1, 0.15) is 0 Å². The molecule has 0 radical (unpaired) electrons. The quantitative estimate of drug-likeness (QED) is 0.324. The number of fused-ring (bicyclic) bond motifs is 1. The summed E-state index contributed by atoms with van der Waals surface area (Å²) in [6, 6.07) is 24.4. The SMILES string of the molecule is Cc1ccc2sc(N(CCCN(C)C)C(=O)C(c3ccccc3)c3ccccc3)nc2c1C. The molecule has 4 aromatic rings. The van der Waals surface area contributed by atoms with Gasteiger partial charge >= 0.3 is 0 Å². The number of anilines is 1. The molecule has 0 spiro atoms. The minimum atomic E-state index is -0.374. The molecule has 0 saturated heterocycles. The summed E-state index contributed by atoms with van der Waals surface area (Å²) in [6.45, 7) is 5.75. The molecule has 3 aromatic carbocycles. The lowest BCUT2D eigenvalue weighted by Crippen LogP contribution is -2.37. The monoisotopic (exact) mass is 457 g/mol. The van der Waals surface area contributed by atoms with E-state index in [0.717, 1.165) is 39.4 Å². The molecule has 170 valence electrons. The number of hydrogen-bond donors (Lipinski definition) is 0. The van der Waals surface area contributed by atoms with Gasteiger partial charge in [0.05, 0.1) is 16.1 Å². The van der Waals surface area contributed by atoms with Gasteiger partial charge in [0.2, 0.25) is 5.91 Å². The normalized spacial score (nSPS) is 11.5. The van der Waals surface area contributed by atoms with Crippen molar-refractivity contribution in [2.24, 2.45) is 0 Å². The first-order valence-corrected chi connectivity index (χ1v) is 12.2. The zero-order valence-electron chi connectivity index (χ0n) is 19.8. The molecule has 1 amide bonds. The molecule has 1 heterocycles. The van der Waals surface area contributed by atoms with Gasteiger partial charge in [0.25, 0.3) is 0 Å². The van der Waals surface area contributed by atoms with Gasteiger partial charge in [0, 0.05) is 6.54 Å². The summed E-state index contributed by atoms with van der Waals surface area (Å²) in [4.78, 5) is 23.3. The fourth-order valence-electron chi connectivity index (χ4n) is 4.10. The number of aryl methyl sites for hydroxylation is 2. The molecule has 0 atom stereocenters. The minimum Gasteiger partial charge on any atom is -0.309 e. The van der Waals surface area contributed by atoms with Gasteiger partial charge in [0.15, 0.2) is 5.13 Å². The van der Waals surface area contributed by atoms with E-state index in [4.69, 9.17) is 4.98 Å². The molecule has 0 aliphatic rings. The van der Waals surface area contributed by atoms with E-state index < -0.39 is 0 Å². The van der Waals surface area contributed by atoms with Crippen LogP contribution in [0.1, 0.15) is 34.6 Å². The van der Waals surface area contributed by atoms with E-state index in [1.807, 2.05) is 65.6 Å². The van der Waals surface area contributed by atoms with Gasteiger partial charge in [-0.15, -0.1) is 0 Å². The molecule has 5 heteroatoms. The Bertz CT molecular complexity index is 1180. The fraction of sp³-hybridized carbons (Fsp3) is 0.286. The third-order valence-corrected chi connectivity index (χ3v) is 7.11. The van der Waals surface area contributed by atoms with Crippen LogP contribution in [0.15, 0.2) is 72.8 Å². The first kappa shape index (κ1) is 23.1. The van der Waals surface area contributed by atoms with Crippen LogP contribution in [0.2, 0.25) is 0 Å². The van der Waals surface area contributed by atoms with Crippen molar-refractivity contribution in [3.05, 3.63) is 95.1 Å². The number of amides is 1. The van der Waals surface area contributed by atoms with E-state index in [2.05, 4.69) is 45.0 Å². The van der Waals surface area contributed by atoms with Crippen LogP contribution in [-0.4, -0.2) is 43.0 Å². The van der Waals surface area contributed by atoms with Crippen molar-refractivity contribution in [3.8, 4) is 0 Å². The van der Waals surface area contributed by atoms with Crippen molar-refractivity contribution in [1.82, 2.24) is 9.88 Å². The van der Waals surface area contributed by atoms with Crippen LogP contribution in [0.4, 0.5) is 5.13 Å². The summed E-state index contributed by atoms with van der Waals surface area (Å²) in [5.41, 5.74) is 5.39. The Labute approximate surface area is 200 Å². The van der Waals surface area contributed by atoms with Gasteiger partial charge in [-0.3, -0.25) is 9.69 Å². The van der Waals surface area contributed by atoms with Crippen molar-refractivity contribution in [3.63, 3.8) is 0 Å². The van der Waals surface area contributed by atoms with Gasteiger partial charge in [-0.1, -0.05) is 78.1 Å². The van der Waals surface area contributed by atoms with E-state index in [1.165, 1.54) is 11.1 Å². The van der Waals surface area contributed by atoms with E-state index in [1.54, 1.807) is 11.3 Å². The van der Waals surface area contributed by atoms with E-state index in [9.17, 15) is 4.79 Å². The highest BCUT2D eigenvalue weighted by molar-refractivity contribution is 7.22. The topological polar surface area (TPSA) is 36.4 Å². The zero-order chi connectivity index (χ0) is 23.4. The molecule has 0 fully saturated rings. The Hall–Kier alpha value is -3.02. The summed E-state index contributed by atoms with van der Waals surface area (Å²) in [5, 5.41) is 0.777. The highest BCUT2D eigenvalue weighted by Crippen LogP contribution is 2.35. The Morgan fingerprint density at radius 1 is 0.879 bits per heavy atom. The van der Waals surface area contributed by atoms with Crippen LogP contribution in [0.25, 0.3) is 10.2 Å². The second-order valence-corrected chi connectivity index (χ2v) is 9.76. The number of carbonyl (C=O) groups is 1. The van der Waals surface area contributed by atoms with Gasteiger partial charge < -0.3 is 4.90 Å². The van der Waals surface area contributed by atoms with Crippen molar-refractivity contribution >= 4 is 32.6 Å². The van der Waals surface area contributed by atoms with Crippen molar-refractivity contribution < 1.29 is 4.79 Å². The largest absolute Gasteiger partial charge is 0.309 e. The zero-order valence-corrected chi connectivity index (χ0v) is 20.6. The lowest BCUT2D eigenvalue weighted by Gasteiger charge is -2.26. The second-order valence-electron chi connectivity index (χ2n) is 8.75. The minimum absolute atomic E-state index is 0.0691. The molecule has 4 nitrogen and oxygen atoms in total. The maximum atomic E-state index is 14.2. The average Bonchev–Trinajstić information content (AvgIpc) is 3.25. The molecule has 0 aliphatic heterocycles. The Morgan fingerprint density at radius 3 is 2.06 bits per heavy atom. The molecule has 0 N–H and O–H groups in total. The predicted molar refractivity (Wildman–Crippen MR) is 139 cm³/mol. The Morgan fingerprint density at radius 2 is 1.48 bits per heavy atom. The summed E-state index contributed by atoms with van der Waals surface area (Å²) >= 11 is 1.60. The molecule has 0 unspecified atom stereocenters. The van der Waals surface area contributed by atoms with Gasteiger partial charge in [-0.2, -0.15) is 0 Å². The standard InChI is InChI=1S/C28H31N3OS/c1-20-16-17-24-26(21(20)2)29-28(33-24)31(19-11-18-30(3)4)27(32)25(22-12-7-5-8-13-22)23-14-9-6-10-15-23/h5-10,12-17,25H,11,18-19H2,1-4H3. The van der Waals surface area contributed by atoms with Crippen molar-refractivity contribution in [2.45, 2.75) is 26.2 Å². The summed E-state index contributed by atoms with van der Waals surface area (Å²) in [5.74, 6) is -0.304. The van der Waals surface area contributed by atoms with Crippen molar-refractivity contribution in [2.75, 3.05) is 32.1 Å². The molecular formula is C28H31N3OS. The summed E-state index contributed by atoms with van der Waals surface area (Å²) in [6.07, 6.45) is 0.878. The molecular weight excluding hydrogens is 426 g/mol. The molecule has 0 aliphatic carbocycles. The lowest BCUT2D eigenvalue weighted by atomic mass is 9.90. The summed E-state index contributed by atoms with van der Waals surface area (Å²) < 4.78 is 1.12. The van der Waals surface area contributed by atoms with E-state index in [0.29, 0.717) is 6.54 Å². The first-order valence-electron chi connectivity index (χ1n) is 11.4. The molecule has 0 saturated carbocycles. The third kappa shape index (κ3) is 5.15. The Kier molecular flexibility index (Phi) is 7.21. The number of nitrogens with zero attached hydrogens (tertiary/aromatic N) is 3. The molecule has 0 bridgehead atoms. The number of carbonyl (C=O) groups excluding carboxylic acids is 1. The smallest absolute Gasteiger partial charge is 0.240 e. The van der Waals surface area contributed by atoms with E-state index >= 15 is 0 Å². The van der Waals surface area contributed by atoms with Crippen LogP contribution in [-0.2, 0) is 4.79 Å². The van der Waals surface area contributed by atoms with E-state index in [-0.39, 0.29) is 11.8 Å². The van der Waals surface area contributed by atoms with Crippen LogP contribution >= 0.6 is 11.3 Å². The molecule has 1 aromatic heterocycles. The summed E-state index contributed by atoms with van der Waals surface area (Å²) in [7, 11) is 4.12. The highest BCUT2D eigenvalue weighted by Gasteiger charge is 2.30. The van der Waals surface area contributed by atoms with Gasteiger partial charge in [-0.25, -0.2) is 4.98 Å². The molecule has 33 heavy (non-hydrogen) atoms. The number of rotatable bonds is 8. The number of aromatic nitrogens is 1. The first-order chi connectivity index (χ1) is 16.0. The average molecular weight is 458 g/mol. The lowest BCUT2D eigenvalue weighted by molar-refractivity contribution is -0.119. The number of hydrogen-bond acceptors (Lipinski definition) is 4. The van der Waals surface area contributed by atoms with Gasteiger partial charge in [-0.05, 0) is 69.2 Å². The Balaban J connectivity index is 1.78. The van der Waals surface area contributed by atoms with Crippen LogP contribution in [0.5, 0.6) is 0 Å². The third-order valence-electron chi connectivity index (χ3n) is 6.07.